The number of nitrogens with zero attached hydrogens (tertiary/aromatic N) is 5. The highest BCUT2D eigenvalue weighted by molar-refractivity contribution is 6.00. The van der Waals surface area contributed by atoms with Crippen LogP contribution in [0.1, 0.15) is 30.0 Å². The van der Waals surface area contributed by atoms with Gasteiger partial charge >= 0.3 is 0 Å². The summed E-state index contributed by atoms with van der Waals surface area (Å²) in [6.45, 7) is 2.62. The smallest absolute Gasteiger partial charge is 0.269 e. The summed E-state index contributed by atoms with van der Waals surface area (Å²) in [5, 5.41) is 10.0. The van der Waals surface area contributed by atoms with Gasteiger partial charge in [-0.2, -0.15) is 5.26 Å². The van der Waals surface area contributed by atoms with Gasteiger partial charge in [0.2, 0.25) is 0 Å². The first-order valence-corrected chi connectivity index (χ1v) is 9.77. The lowest BCUT2D eigenvalue weighted by Gasteiger charge is -2.33. The van der Waals surface area contributed by atoms with Gasteiger partial charge in [-0.05, 0) is 36.6 Å². The summed E-state index contributed by atoms with van der Waals surface area (Å²) in [4.78, 5) is 27.0. The molecule has 0 bridgehead atoms. The van der Waals surface area contributed by atoms with Crippen LogP contribution in [0.3, 0.4) is 0 Å². The standard InChI is InChI=1S/C22H20N6O/c23-11-15-2-1-3-16(10-15)14-27-8-5-17(6-9-27)28-20(29)13-25-19-12-26-22-18(21(19)28)4-7-24-22/h1-4,7,10,12-13,17H,5-6,8-9,14H2,(H,24,26). The van der Waals surface area contributed by atoms with E-state index in [2.05, 4.69) is 32.0 Å². The Kier molecular flexibility index (Phi) is 4.34. The third-order valence-electron chi connectivity index (χ3n) is 5.72. The maximum atomic E-state index is 12.8. The van der Waals surface area contributed by atoms with Gasteiger partial charge in [0.25, 0.3) is 5.56 Å². The van der Waals surface area contributed by atoms with Crippen molar-refractivity contribution in [2.75, 3.05) is 13.1 Å². The van der Waals surface area contributed by atoms with E-state index in [9.17, 15) is 4.79 Å². The number of hydrogen-bond donors (Lipinski definition) is 1. The SMILES string of the molecule is N#Cc1cccc(CN2CCC(n3c(=O)cnc4cnc5[nH]ccc5c43)CC2)c1. The lowest BCUT2D eigenvalue weighted by Crippen LogP contribution is -2.37. The third-order valence-corrected chi connectivity index (χ3v) is 5.72. The number of H-pyrrole nitrogens is 1. The second-order valence-corrected chi connectivity index (χ2v) is 7.52. The molecule has 7 heteroatoms. The molecule has 4 aromatic rings. The molecule has 1 N–H and O–H groups in total. The van der Waals surface area contributed by atoms with Crippen LogP contribution in [0.4, 0.5) is 0 Å². The number of hydrogen-bond acceptors (Lipinski definition) is 5. The van der Waals surface area contributed by atoms with Crippen molar-refractivity contribution in [3.63, 3.8) is 0 Å². The Labute approximate surface area is 167 Å². The Hall–Kier alpha value is -3.50. The summed E-state index contributed by atoms with van der Waals surface area (Å²) in [7, 11) is 0. The number of nitriles is 1. The number of rotatable bonds is 3. The fourth-order valence-corrected chi connectivity index (χ4v) is 4.32. The zero-order valence-electron chi connectivity index (χ0n) is 15.9. The van der Waals surface area contributed by atoms with Gasteiger partial charge in [0.1, 0.15) is 11.2 Å². The maximum Gasteiger partial charge on any atom is 0.269 e. The minimum absolute atomic E-state index is 0.0635. The van der Waals surface area contributed by atoms with E-state index in [4.69, 9.17) is 5.26 Å². The van der Waals surface area contributed by atoms with E-state index in [0.717, 1.165) is 60.1 Å². The second-order valence-electron chi connectivity index (χ2n) is 7.52. The molecule has 0 radical (unpaired) electrons. The molecule has 1 aliphatic rings. The predicted octanol–water partition coefficient (Wildman–Crippen LogP) is 2.98. The summed E-state index contributed by atoms with van der Waals surface area (Å²) in [5.41, 5.74) is 4.15. The first kappa shape index (κ1) is 17.6. The molecule has 0 amide bonds. The van der Waals surface area contributed by atoms with Gasteiger partial charge in [0, 0.05) is 37.3 Å². The van der Waals surface area contributed by atoms with Crippen LogP contribution in [0.25, 0.3) is 22.1 Å². The van der Waals surface area contributed by atoms with Crippen LogP contribution in [0.5, 0.6) is 0 Å². The zero-order valence-corrected chi connectivity index (χ0v) is 15.9. The van der Waals surface area contributed by atoms with E-state index in [0.29, 0.717) is 5.56 Å². The van der Waals surface area contributed by atoms with Gasteiger partial charge in [-0.3, -0.25) is 9.69 Å². The van der Waals surface area contributed by atoms with Crippen molar-refractivity contribution in [1.82, 2.24) is 24.4 Å². The van der Waals surface area contributed by atoms with Gasteiger partial charge in [-0.15, -0.1) is 0 Å². The Morgan fingerprint density at radius 1 is 1.17 bits per heavy atom. The van der Waals surface area contributed by atoms with Crippen LogP contribution >= 0.6 is 0 Å². The predicted molar refractivity (Wildman–Crippen MR) is 110 cm³/mol. The highest BCUT2D eigenvalue weighted by Gasteiger charge is 2.24. The van der Waals surface area contributed by atoms with Crippen LogP contribution in [0, 0.1) is 11.3 Å². The fraction of sp³-hybridized carbons (Fsp3) is 0.273. The van der Waals surface area contributed by atoms with Crippen LogP contribution in [-0.4, -0.2) is 37.5 Å². The molecule has 4 heterocycles. The van der Waals surface area contributed by atoms with E-state index >= 15 is 0 Å². The average Bonchev–Trinajstić information content (AvgIpc) is 3.24. The highest BCUT2D eigenvalue weighted by atomic mass is 16.1. The molecule has 5 rings (SSSR count). The number of pyridine rings is 1. The summed E-state index contributed by atoms with van der Waals surface area (Å²) in [6, 6.07) is 12.1. The van der Waals surface area contributed by atoms with Crippen LogP contribution < -0.4 is 5.56 Å². The highest BCUT2D eigenvalue weighted by Crippen LogP contribution is 2.28. The topological polar surface area (TPSA) is 90.6 Å². The first-order valence-electron chi connectivity index (χ1n) is 9.77. The normalized spacial score (nSPS) is 15.7. The van der Waals surface area contributed by atoms with E-state index in [1.165, 1.54) is 6.20 Å². The van der Waals surface area contributed by atoms with Crippen LogP contribution in [0.15, 0.2) is 53.7 Å². The molecular formula is C22H20N6O. The molecule has 0 unspecified atom stereocenters. The van der Waals surface area contributed by atoms with Crippen LogP contribution in [0.2, 0.25) is 0 Å². The summed E-state index contributed by atoms with van der Waals surface area (Å²) >= 11 is 0. The summed E-state index contributed by atoms with van der Waals surface area (Å²) in [5.74, 6) is 0. The van der Waals surface area contributed by atoms with Gasteiger partial charge in [0.05, 0.1) is 29.5 Å². The van der Waals surface area contributed by atoms with Crippen molar-refractivity contribution in [2.45, 2.75) is 25.4 Å². The third kappa shape index (κ3) is 3.18. The van der Waals surface area contributed by atoms with Crippen LogP contribution in [-0.2, 0) is 6.54 Å². The number of likely N-dealkylation sites (tertiary alicyclic amines) is 1. The van der Waals surface area contributed by atoms with E-state index in [-0.39, 0.29) is 11.6 Å². The van der Waals surface area contributed by atoms with Crippen molar-refractivity contribution < 1.29 is 0 Å². The molecule has 0 aliphatic carbocycles. The summed E-state index contributed by atoms with van der Waals surface area (Å²) < 4.78 is 1.91. The van der Waals surface area contributed by atoms with Gasteiger partial charge in [-0.25, -0.2) is 9.97 Å². The Balaban J connectivity index is 1.42. The van der Waals surface area contributed by atoms with E-state index < -0.39 is 0 Å². The molecule has 0 spiro atoms. The van der Waals surface area contributed by atoms with Crippen molar-refractivity contribution in [2.24, 2.45) is 0 Å². The first-order chi connectivity index (χ1) is 14.2. The minimum atomic E-state index is -0.0635. The number of piperidine rings is 1. The molecule has 7 nitrogen and oxygen atoms in total. The molecule has 29 heavy (non-hydrogen) atoms. The summed E-state index contributed by atoms with van der Waals surface area (Å²) in [6.07, 6.45) is 6.76. The lowest BCUT2D eigenvalue weighted by molar-refractivity contribution is 0.180. The average molecular weight is 384 g/mol. The molecule has 0 saturated carbocycles. The minimum Gasteiger partial charge on any atom is -0.346 e. The number of aromatic nitrogens is 4. The number of aromatic amines is 1. The molecular weight excluding hydrogens is 364 g/mol. The second kappa shape index (κ2) is 7.15. The number of benzene rings is 1. The van der Waals surface area contributed by atoms with Crippen molar-refractivity contribution in [3.05, 3.63) is 70.4 Å². The van der Waals surface area contributed by atoms with Crippen molar-refractivity contribution >= 4 is 22.1 Å². The Bertz CT molecular complexity index is 1290. The molecule has 1 fully saturated rings. The van der Waals surface area contributed by atoms with Gasteiger partial charge < -0.3 is 9.55 Å². The zero-order chi connectivity index (χ0) is 19.8. The molecule has 1 saturated heterocycles. The molecule has 1 aromatic carbocycles. The molecule has 3 aromatic heterocycles. The largest absolute Gasteiger partial charge is 0.346 e. The van der Waals surface area contributed by atoms with Crippen molar-refractivity contribution in [1.29, 1.82) is 5.26 Å². The number of nitrogens with one attached hydrogen (secondary N) is 1. The fourth-order valence-electron chi connectivity index (χ4n) is 4.32. The lowest BCUT2D eigenvalue weighted by atomic mass is 10.0. The van der Waals surface area contributed by atoms with Gasteiger partial charge in [-0.1, -0.05) is 12.1 Å². The monoisotopic (exact) mass is 384 g/mol. The molecule has 0 atom stereocenters. The van der Waals surface area contributed by atoms with E-state index in [1.807, 2.05) is 35.0 Å². The Morgan fingerprint density at radius 2 is 2.03 bits per heavy atom. The molecule has 144 valence electrons. The quantitative estimate of drug-likeness (QED) is 0.586. The maximum absolute atomic E-state index is 12.8. The van der Waals surface area contributed by atoms with Gasteiger partial charge in [0.15, 0.2) is 0 Å². The van der Waals surface area contributed by atoms with E-state index in [1.54, 1.807) is 6.20 Å². The Morgan fingerprint density at radius 3 is 2.86 bits per heavy atom. The molecule has 1 aliphatic heterocycles. The number of fused-ring (bicyclic) bond motifs is 3. The van der Waals surface area contributed by atoms with Crippen molar-refractivity contribution in [3.8, 4) is 6.07 Å².